The fourth-order valence-electron chi connectivity index (χ4n) is 5.87. The summed E-state index contributed by atoms with van der Waals surface area (Å²) in [6.45, 7) is 1.51. The number of amides is 2. The number of hydrogen-bond acceptors (Lipinski definition) is 5. The summed E-state index contributed by atoms with van der Waals surface area (Å²) in [5.41, 5.74) is 2.99. The van der Waals surface area contributed by atoms with E-state index < -0.39 is 28.5 Å². The smallest absolute Gasteiger partial charge is 0.264 e. The van der Waals surface area contributed by atoms with Gasteiger partial charge in [-0.25, -0.2) is 8.42 Å². The van der Waals surface area contributed by atoms with E-state index in [2.05, 4.69) is 21.2 Å². The van der Waals surface area contributed by atoms with Crippen molar-refractivity contribution in [1.29, 1.82) is 0 Å². The molecule has 1 atom stereocenters. The lowest BCUT2D eigenvalue weighted by atomic mass is 10.0. The standard InChI is InChI=1S/C37H40BrN3O5S/c1-27-15-17-32(18-16-27)41(47(44,45)34-21-19-33(46-2)20-22-34)26-36(42)40(25-29-11-8-12-30(38)23-29)35(24-28-9-4-3-5-10-28)37(43)39-31-13-6-7-14-31/h3-5,8-12,15-23,31,35H,6-7,13-14,24-26H2,1-2H3,(H,39,43)/t35-/m1/s1. The van der Waals surface area contributed by atoms with Crippen molar-refractivity contribution in [2.45, 2.75) is 62.6 Å². The molecule has 1 aliphatic carbocycles. The number of anilines is 1. The van der Waals surface area contributed by atoms with Gasteiger partial charge in [-0.15, -0.1) is 0 Å². The highest BCUT2D eigenvalue weighted by Gasteiger charge is 2.35. The van der Waals surface area contributed by atoms with Crippen LogP contribution in [0.15, 0.2) is 112 Å². The second-order valence-corrected chi connectivity index (χ2v) is 14.6. The topological polar surface area (TPSA) is 96.0 Å². The highest BCUT2D eigenvalue weighted by Crippen LogP contribution is 2.27. The molecular weight excluding hydrogens is 678 g/mol. The number of methoxy groups -OCH3 is 1. The molecule has 0 unspecified atom stereocenters. The van der Waals surface area contributed by atoms with E-state index >= 15 is 0 Å². The maximum Gasteiger partial charge on any atom is 0.264 e. The summed E-state index contributed by atoms with van der Waals surface area (Å²) in [5.74, 6) is -0.228. The molecule has 4 aromatic carbocycles. The quantitative estimate of drug-likeness (QED) is 0.167. The Hall–Kier alpha value is -4.15. The van der Waals surface area contributed by atoms with Crippen LogP contribution in [0.25, 0.3) is 0 Å². The highest BCUT2D eigenvalue weighted by molar-refractivity contribution is 9.10. The molecule has 10 heteroatoms. The van der Waals surface area contributed by atoms with Crippen molar-refractivity contribution in [3.05, 3.63) is 124 Å². The summed E-state index contributed by atoms with van der Waals surface area (Å²) in [7, 11) is -2.69. The van der Waals surface area contributed by atoms with Crippen LogP contribution in [0.1, 0.15) is 42.4 Å². The molecule has 0 saturated heterocycles. The first kappa shape index (κ1) is 34.2. The second kappa shape index (κ2) is 15.6. The van der Waals surface area contributed by atoms with Gasteiger partial charge in [-0.05, 0) is 79.4 Å². The van der Waals surface area contributed by atoms with Crippen molar-refractivity contribution in [3.8, 4) is 5.75 Å². The largest absolute Gasteiger partial charge is 0.497 e. The zero-order valence-electron chi connectivity index (χ0n) is 26.6. The minimum atomic E-state index is -4.20. The number of carbonyl (C=O) groups is 2. The van der Waals surface area contributed by atoms with Gasteiger partial charge in [0, 0.05) is 23.5 Å². The minimum absolute atomic E-state index is 0.0185. The number of aryl methyl sites for hydroxylation is 1. The van der Waals surface area contributed by atoms with Crippen LogP contribution in [0, 0.1) is 6.92 Å². The molecule has 0 spiro atoms. The number of carbonyl (C=O) groups excluding carboxylic acids is 2. The van der Waals surface area contributed by atoms with Gasteiger partial charge in [0.05, 0.1) is 17.7 Å². The van der Waals surface area contributed by atoms with Crippen LogP contribution in [-0.2, 0) is 32.6 Å². The monoisotopic (exact) mass is 717 g/mol. The number of sulfonamides is 1. The van der Waals surface area contributed by atoms with E-state index in [1.54, 1.807) is 24.3 Å². The van der Waals surface area contributed by atoms with Crippen LogP contribution < -0.4 is 14.4 Å². The maximum atomic E-state index is 14.6. The minimum Gasteiger partial charge on any atom is -0.497 e. The Morgan fingerprint density at radius 3 is 2.19 bits per heavy atom. The summed E-state index contributed by atoms with van der Waals surface area (Å²) in [6, 6.07) is 29.4. The molecule has 4 aromatic rings. The van der Waals surface area contributed by atoms with E-state index in [1.807, 2.05) is 73.7 Å². The molecule has 0 aromatic heterocycles. The maximum absolute atomic E-state index is 14.6. The van der Waals surface area contributed by atoms with Crippen molar-refractivity contribution < 1.29 is 22.7 Å². The van der Waals surface area contributed by atoms with E-state index in [0.717, 1.165) is 51.2 Å². The Labute approximate surface area is 285 Å². The molecule has 5 rings (SSSR count). The Morgan fingerprint density at radius 1 is 0.894 bits per heavy atom. The number of ether oxygens (including phenoxy) is 1. The number of nitrogens with zero attached hydrogens (tertiary/aromatic N) is 2. The summed E-state index contributed by atoms with van der Waals surface area (Å²) in [5, 5.41) is 3.20. The van der Waals surface area contributed by atoms with Gasteiger partial charge in [-0.3, -0.25) is 13.9 Å². The normalized spacial score (nSPS) is 13.9. The molecule has 0 bridgehead atoms. The lowest BCUT2D eigenvalue weighted by Crippen LogP contribution is -2.54. The van der Waals surface area contributed by atoms with E-state index in [-0.39, 0.29) is 29.8 Å². The number of rotatable bonds is 13. The van der Waals surface area contributed by atoms with Crippen LogP contribution in [0.5, 0.6) is 5.75 Å². The average Bonchev–Trinajstić information content (AvgIpc) is 3.59. The van der Waals surface area contributed by atoms with E-state index in [9.17, 15) is 18.0 Å². The van der Waals surface area contributed by atoms with Crippen molar-refractivity contribution in [3.63, 3.8) is 0 Å². The molecule has 8 nitrogen and oxygen atoms in total. The van der Waals surface area contributed by atoms with Gasteiger partial charge in [0.2, 0.25) is 11.8 Å². The third-order valence-electron chi connectivity index (χ3n) is 8.46. The SMILES string of the molecule is COc1ccc(S(=O)(=O)N(CC(=O)N(Cc2cccc(Br)c2)[C@H](Cc2ccccc2)C(=O)NC2CCCC2)c2ccc(C)cc2)cc1. The first-order valence-electron chi connectivity index (χ1n) is 15.8. The van der Waals surface area contributed by atoms with Crippen LogP contribution >= 0.6 is 15.9 Å². The number of halogens is 1. The average molecular weight is 719 g/mol. The van der Waals surface area contributed by atoms with Gasteiger partial charge < -0.3 is 15.0 Å². The molecule has 0 radical (unpaired) electrons. The van der Waals surface area contributed by atoms with Gasteiger partial charge in [-0.2, -0.15) is 0 Å². The highest BCUT2D eigenvalue weighted by atomic mass is 79.9. The zero-order chi connectivity index (χ0) is 33.4. The fraction of sp³-hybridized carbons (Fsp3) is 0.297. The molecule has 0 heterocycles. The van der Waals surface area contributed by atoms with Gasteiger partial charge in [0.15, 0.2) is 0 Å². The van der Waals surface area contributed by atoms with Crippen LogP contribution in [-0.4, -0.2) is 50.9 Å². The Bertz CT molecular complexity index is 1760. The van der Waals surface area contributed by atoms with Gasteiger partial charge >= 0.3 is 0 Å². The lowest BCUT2D eigenvalue weighted by molar-refractivity contribution is -0.140. The van der Waals surface area contributed by atoms with Crippen molar-refractivity contribution in [1.82, 2.24) is 10.2 Å². The van der Waals surface area contributed by atoms with Crippen LogP contribution in [0.4, 0.5) is 5.69 Å². The number of hydrogen-bond donors (Lipinski definition) is 1. The summed E-state index contributed by atoms with van der Waals surface area (Å²) in [4.78, 5) is 30.3. The lowest BCUT2D eigenvalue weighted by Gasteiger charge is -2.34. The molecule has 1 aliphatic rings. The predicted octanol–water partition coefficient (Wildman–Crippen LogP) is 6.66. The zero-order valence-corrected chi connectivity index (χ0v) is 29.0. The van der Waals surface area contributed by atoms with Crippen molar-refractivity contribution in [2.24, 2.45) is 0 Å². The third-order valence-corrected chi connectivity index (χ3v) is 10.7. The summed E-state index contributed by atoms with van der Waals surface area (Å²) >= 11 is 3.53. The first-order valence-corrected chi connectivity index (χ1v) is 18.0. The predicted molar refractivity (Wildman–Crippen MR) is 188 cm³/mol. The van der Waals surface area contributed by atoms with Crippen LogP contribution in [0.2, 0.25) is 0 Å². The Kier molecular flexibility index (Phi) is 11.4. The van der Waals surface area contributed by atoms with E-state index in [4.69, 9.17) is 4.74 Å². The van der Waals surface area contributed by atoms with Gasteiger partial charge in [0.25, 0.3) is 10.0 Å². The molecule has 0 aliphatic heterocycles. The van der Waals surface area contributed by atoms with Gasteiger partial charge in [0.1, 0.15) is 18.3 Å². The molecule has 1 saturated carbocycles. The molecule has 2 amide bonds. The van der Waals surface area contributed by atoms with Crippen LogP contribution in [0.3, 0.4) is 0 Å². The summed E-state index contributed by atoms with van der Waals surface area (Å²) in [6.07, 6.45) is 4.15. The number of benzene rings is 4. The summed E-state index contributed by atoms with van der Waals surface area (Å²) < 4.78 is 35.7. The van der Waals surface area contributed by atoms with E-state index in [0.29, 0.717) is 11.4 Å². The Morgan fingerprint density at radius 2 is 1.55 bits per heavy atom. The fourth-order valence-corrected chi connectivity index (χ4v) is 7.73. The second-order valence-electron chi connectivity index (χ2n) is 11.9. The van der Waals surface area contributed by atoms with Crippen molar-refractivity contribution in [2.75, 3.05) is 18.0 Å². The molecular formula is C37H40BrN3O5S. The van der Waals surface area contributed by atoms with E-state index in [1.165, 1.54) is 24.1 Å². The Balaban J connectivity index is 1.56. The molecule has 47 heavy (non-hydrogen) atoms. The van der Waals surface area contributed by atoms with Gasteiger partial charge in [-0.1, -0.05) is 88.9 Å². The number of nitrogens with one attached hydrogen (secondary N) is 1. The first-order chi connectivity index (χ1) is 22.6. The molecule has 246 valence electrons. The molecule has 1 N–H and O–H groups in total. The molecule has 1 fully saturated rings. The third kappa shape index (κ3) is 8.81. The van der Waals surface area contributed by atoms with Crippen molar-refractivity contribution >= 4 is 43.5 Å².